The van der Waals surface area contributed by atoms with Crippen molar-refractivity contribution in [2.24, 2.45) is 0 Å². The normalized spacial score (nSPS) is 18.0. The van der Waals surface area contributed by atoms with Gasteiger partial charge in [0.1, 0.15) is 6.54 Å². The molecule has 1 fully saturated rings. The highest BCUT2D eigenvalue weighted by atomic mass is 35.5. The van der Waals surface area contributed by atoms with Gasteiger partial charge in [-0.2, -0.15) is 18.3 Å². The fourth-order valence-corrected chi connectivity index (χ4v) is 3.25. The largest absolute Gasteiger partial charge is 0.435 e. The van der Waals surface area contributed by atoms with Gasteiger partial charge < -0.3 is 4.90 Å². The molecule has 8 heteroatoms. The van der Waals surface area contributed by atoms with Crippen molar-refractivity contribution in [3.05, 3.63) is 52.3 Å². The molecule has 0 saturated carbocycles. The van der Waals surface area contributed by atoms with Crippen LogP contribution in [0.25, 0.3) is 0 Å². The number of rotatable bonds is 3. The van der Waals surface area contributed by atoms with Gasteiger partial charge in [-0.3, -0.25) is 9.48 Å². The van der Waals surface area contributed by atoms with Crippen LogP contribution in [0.2, 0.25) is 5.02 Å². The van der Waals surface area contributed by atoms with Crippen LogP contribution in [-0.2, 0) is 17.5 Å². The maximum atomic E-state index is 12.8. The Labute approximate surface area is 148 Å². The van der Waals surface area contributed by atoms with E-state index in [9.17, 15) is 18.0 Å². The minimum Gasteiger partial charge on any atom is -0.334 e. The van der Waals surface area contributed by atoms with Gasteiger partial charge in [0.2, 0.25) is 5.91 Å². The third-order valence-electron chi connectivity index (χ3n) is 4.38. The summed E-state index contributed by atoms with van der Waals surface area (Å²) in [5, 5.41) is 4.15. The van der Waals surface area contributed by atoms with E-state index in [0.29, 0.717) is 17.3 Å². The van der Waals surface area contributed by atoms with Gasteiger partial charge in [-0.25, -0.2) is 0 Å². The Morgan fingerprint density at radius 2 is 2.00 bits per heavy atom. The van der Waals surface area contributed by atoms with Crippen LogP contribution in [0.5, 0.6) is 0 Å². The van der Waals surface area contributed by atoms with Crippen molar-refractivity contribution in [1.82, 2.24) is 14.7 Å². The SMILES string of the molecule is Cc1cc(C(F)(F)F)nn1CC(=O)N1CCC[C@@H]1c1ccc(Cl)cc1. The predicted molar refractivity (Wildman–Crippen MR) is 87.1 cm³/mol. The number of nitrogens with zero attached hydrogens (tertiary/aromatic N) is 3. The molecule has 1 aliphatic heterocycles. The molecule has 4 nitrogen and oxygen atoms in total. The Hall–Kier alpha value is -2.02. The standard InChI is InChI=1S/C17H17ClF3N3O/c1-11-9-15(17(19,20)21)22-24(11)10-16(25)23-8-2-3-14(23)12-4-6-13(18)7-5-12/h4-7,9,14H,2-3,8,10H2,1H3/t14-/m1/s1. The zero-order chi connectivity index (χ0) is 18.2. The molecule has 1 aromatic heterocycles. The first-order valence-electron chi connectivity index (χ1n) is 7.92. The maximum Gasteiger partial charge on any atom is 0.435 e. The molecule has 0 unspecified atom stereocenters. The van der Waals surface area contributed by atoms with Crippen LogP contribution >= 0.6 is 11.6 Å². The van der Waals surface area contributed by atoms with Gasteiger partial charge in [0.15, 0.2) is 5.69 Å². The molecule has 0 N–H and O–H groups in total. The second-order valence-corrected chi connectivity index (χ2v) is 6.56. The van der Waals surface area contributed by atoms with Crippen molar-refractivity contribution < 1.29 is 18.0 Å². The first-order chi connectivity index (χ1) is 11.8. The summed E-state index contributed by atoms with van der Waals surface area (Å²) in [6.45, 7) is 1.89. The van der Waals surface area contributed by atoms with Gasteiger partial charge >= 0.3 is 6.18 Å². The van der Waals surface area contributed by atoms with Crippen molar-refractivity contribution in [3.63, 3.8) is 0 Å². The lowest BCUT2D eigenvalue weighted by Crippen LogP contribution is -2.34. The number of amides is 1. The molecule has 134 valence electrons. The molecule has 1 atom stereocenters. The second kappa shape index (κ2) is 6.71. The van der Waals surface area contributed by atoms with Crippen LogP contribution in [0.15, 0.2) is 30.3 Å². The minimum atomic E-state index is -4.52. The number of hydrogen-bond acceptors (Lipinski definition) is 2. The van der Waals surface area contributed by atoms with Crippen molar-refractivity contribution in [3.8, 4) is 0 Å². The summed E-state index contributed by atoms with van der Waals surface area (Å²) in [4.78, 5) is 14.3. The number of carbonyl (C=O) groups is 1. The average Bonchev–Trinajstić information content (AvgIpc) is 3.15. The van der Waals surface area contributed by atoms with Gasteiger partial charge in [0.05, 0.1) is 6.04 Å². The zero-order valence-corrected chi connectivity index (χ0v) is 14.3. The Balaban J connectivity index is 1.76. The fraction of sp³-hybridized carbons (Fsp3) is 0.412. The van der Waals surface area contributed by atoms with E-state index in [4.69, 9.17) is 11.6 Å². The van der Waals surface area contributed by atoms with Gasteiger partial charge in [-0.1, -0.05) is 23.7 Å². The van der Waals surface area contributed by atoms with E-state index in [1.165, 1.54) is 6.92 Å². The molecule has 3 rings (SSSR count). The summed E-state index contributed by atoms with van der Waals surface area (Å²) < 4.78 is 39.4. The minimum absolute atomic E-state index is 0.0808. The molecule has 0 aliphatic carbocycles. The highest BCUT2D eigenvalue weighted by molar-refractivity contribution is 6.30. The second-order valence-electron chi connectivity index (χ2n) is 6.12. The van der Waals surface area contributed by atoms with E-state index in [-0.39, 0.29) is 18.5 Å². The molecule has 1 amide bonds. The summed E-state index contributed by atoms with van der Waals surface area (Å²) in [7, 11) is 0. The molecule has 0 spiro atoms. The third kappa shape index (κ3) is 3.81. The molecule has 1 aromatic carbocycles. The number of aryl methyl sites for hydroxylation is 1. The van der Waals surface area contributed by atoms with Gasteiger partial charge in [-0.15, -0.1) is 0 Å². The van der Waals surface area contributed by atoms with Gasteiger partial charge in [-0.05, 0) is 43.5 Å². The Bertz CT molecular complexity index is 770. The number of hydrogen-bond donors (Lipinski definition) is 0. The van der Waals surface area contributed by atoms with Crippen LogP contribution in [-0.4, -0.2) is 27.1 Å². The monoisotopic (exact) mass is 371 g/mol. The molecular weight excluding hydrogens is 355 g/mol. The molecule has 2 heterocycles. The number of benzene rings is 1. The Kier molecular flexibility index (Phi) is 4.77. The van der Waals surface area contributed by atoms with E-state index in [1.807, 2.05) is 12.1 Å². The molecule has 25 heavy (non-hydrogen) atoms. The molecule has 0 bridgehead atoms. The molecule has 1 aliphatic rings. The van der Waals surface area contributed by atoms with Crippen LogP contribution in [0.3, 0.4) is 0 Å². The number of likely N-dealkylation sites (tertiary alicyclic amines) is 1. The quantitative estimate of drug-likeness (QED) is 0.810. The summed E-state index contributed by atoms with van der Waals surface area (Å²) in [6, 6.07) is 8.16. The van der Waals surface area contributed by atoms with E-state index < -0.39 is 11.9 Å². The summed E-state index contributed by atoms with van der Waals surface area (Å²) in [6.07, 6.45) is -2.84. The lowest BCUT2D eigenvalue weighted by atomic mass is 10.0. The van der Waals surface area contributed by atoms with Crippen LogP contribution < -0.4 is 0 Å². The van der Waals surface area contributed by atoms with Gasteiger partial charge in [0, 0.05) is 17.3 Å². The van der Waals surface area contributed by atoms with Crippen molar-refractivity contribution >= 4 is 17.5 Å². The lowest BCUT2D eigenvalue weighted by molar-refractivity contribution is -0.142. The summed E-state index contributed by atoms with van der Waals surface area (Å²) >= 11 is 5.90. The summed E-state index contributed by atoms with van der Waals surface area (Å²) in [5.41, 5.74) is 0.305. The fourth-order valence-electron chi connectivity index (χ4n) is 3.12. The molecule has 2 aromatic rings. The third-order valence-corrected chi connectivity index (χ3v) is 4.64. The summed E-state index contributed by atoms with van der Waals surface area (Å²) in [5.74, 6) is -0.239. The number of aromatic nitrogens is 2. The van der Waals surface area contributed by atoms with Crippen LogP contribution in [0.1, 0.15) is 35.8 Å². The van der Waals surface area contributed by atoms with Crippen molar-refractivity contribution in [2.45, 2.75) is 38.5 Å². The molecule has 0 radical (unpaired) electrons. The predicted octanol–water partition coefficient (Wildman–Crippen LogP) is 4.23. The Morgan fingerprint density at radius 3 is 2.60 bits per heavy atom. The Morgan fingerprint density at radius 1 is 1.32 bits per heavy atom. The van der Waals surface area contributed by atoms with E-state index in [0.717, 1.165) is 29.2 Å². The molecular formula is C17H17ClF3N3O. The van der Waals surface area contributed by atoms with Crippen molar-refractivity contribution in [2.75, 3.05) is 6.54 Å². The molecule has 1 saturated heterocycles. The number of carbonyl (C=O) groups excluding carboxylic acids is 1. The highest BCUT2D eigenvalue weighted by Crippen LogP contribution is 2.33. The number of halogens is 4. The number of alkyl halides is 3. The first-order valence-corrected chi connectivity index (χ1v) is 8.30. The van der Waals surface area contributed by atoms with Crippen LogP contribution in [0, 0.1) is 6.92 Å². The van der Waals surface area contributed by atoms with E-state index in [1.54, 1.807) is 17.0 Å². The smallest absolute Gasteiger partial charge is 0.334 e. The highest BCUT2D eigenvalue weighted by Gasteiger charge is 2.35. The average molecular weight is 372 g/mol. The lowest BCUT2D eigenvalue weighted by Gasteiger charge is -2.25. The van der Waals surface area contributed by atoms with Gasteiger partial charge in [0.25, 0.3) is 0 Å². The maximum absolute atomic E-state index is 12.8. The zero-order valence-electron chi connectivity index (χ0n) is 13.6. The first kappa shape index (κ1) is 17.8. The van der Waals surface area contributed by atoms with Crippen LogP contribution in [0.4, 0.5) is 13.2 Å². The van der Waals surface area contributed by atoms with Crippen molar-refractivity contribution in [1.29, 1.82) is 0 Å². The van der Waals surface area contributed by atoms with E-state index >= 15 is 0 Å². The topological polar surface area (TPSA) is 38.1 Å². The van der Waals surface area contributed by atoms with E-state index in [2.05, 4.69) is 5.10 Å².